The van der Waals surface area contributed by atoms with Crippen LogP contribution < -0.4 is 5.32 Å². The first-order valence-corrected chi connectivity index (χ1v) is 9.81. The number of nitrogens with zero attached hydrogens (tertiary/aromatic N) is 2. The molecule has 0 amide bonds. The molecule has 5 rings (SSSR count). The van der Waals surface area contributed by atoms with Crippen LogP contribution in [0.2, 0.25) is 0 Å². The van der Waals surface area contributed by atoms with Gasteiger partial charge in [0, 0.05) is 23.7 Å². The molecular formula is C24H22ClFN4. The molecular weight excluding hydrogens is 399 g/mol. The molecule has 0 bridgehead atoms. The first kappa shape index (κ1) is 20.3. The normalized spacial score (nSPS) is 13.1. The molecule has 4 nitrogen and oxygen atoms in total. The maximum absolute atomic E-state index is 14.5. The van der Waals surface area contributed by atoms with Crippen LogP contribution in [0.1, 0.15) is 16.7 Å². The quantitative estimate of drug-likeness (QED) is 0.480. The van der Waals surface area contributed by atoms with E-state index in [4.69, 9.17) is 0 Å². The lowest BCUT2D eigenvalue weighted by atomic mass is 10.0. The van der Waals surface area contributed by atoms with Crippen molar-refractivity contribution >= 4 is 12.4 Å². The van der Waals surface area contributed by atoms with Crippen molar-refractivity contribution in [1.82, 2.24) is 20.5 Å². The molecule has 1 heterocycles. The first-order chi connectivity index (χ1) is 14.3. The van der Waals surface area contributed by atoms with Gasteiger partial charge in [-0.15, -0.1) is 12.4 Å². The minimum Gasteiger partial charge on any atom is -0.309 e. The number of hydrogen-bond donors (Lipinski definition) is 2. The van der Waals surface area contributed by atoms with E-state index in [1.165, 1.54) is 11.1 Å². The maximum atomic E-state index is 14.5. The number of nitrogens with one attached hydrogen (secondary N) is 2. The summed E-state index contributed by atoms with van der Waals surface area (Å²) in [5.41, 5.74) is 6.39. The van der Waals surface area contributed by atoms with Crippen molar-refractivity contribution < 1.29 is 4.39 Å². The zero-order chi connectivity index (χ0) is 19.6. The second-order valence-electron chi connectivity index (χ2n) is 7.46. The van der Waals surface area contributed by atoms with Crippen molar-refractivity contribution in [3.05, 3.63) is 95.6 Å². The summed E-state index contributed by atoms with van der Waals surface area (Å²) in [5, 5.41) is 10.4. The average Bonchev–Trinajstić information content (AvgIpc) is 3.43. The first-order valence-electron chi connectivity index (χ1n) is 9.81. The Hall–Kier alpha value is -3.02. The summed E-state index contributed by atoms with van der Waals surface area (Å²) in [5.74, 6) is 0.471. The number of rotatable bonds is 5. The summed E-state index contributed by atoms with van der Waals surface area (Å²) in [6.07, 6.45) is 3.55. The van der Waals surface area contributed by atoms with E-state index in [9.17, 15) is 4.39 Å². The molecule has 0 unspecified atom stereocenters. The summed E-state index contributed by atoms with van der Waals surface area (Å²) >= 11 is 0. The number of H-pyrrole nitrogens is 1. The lowest BCUT2D eigenvalue weighted by Crippen LogP contribution is -2.29. The van der Waals surface area contributed by atoms with Gasteiger partial charge in [0.05, 0.1) is 0 Å². The third-order valence-corrected chi connectivity index (χ3v) is 5.55. The van der Waals surface area contributed by atoms with Crippen LogP contribution in [-0.2, 0) is 19.4 Å². The number of fused-ring (bicyclic) bond motifs is 1. The zero-order valence-electron chi connectivity index (χ0n) is 16.3. The van der Waals surface area contributed by atoms with Crippen molar-refractivity contribution in [1.29, 1.82) is 0 Å². The smallest absolute Gasteiger partial charge is 0.180 e. The highest BCUT2D eigenvalue weighted by molar-refractivity contribution is 5.85. The van der Waals surface area contributed by atoms with Gasteiger partial charge in [-0.25, -0.2) is 9.37 Å². The summed E-state index contributed by atoms with van der Waals surface area (Å²) in [6, 6.07) is 22.2. The van der Waals surface area contributed by atoms with Crippen molar-refractivity contribution in [2.75, 3.05) is 0 Å². The third-order valence-electron chi connectivity index (χ3n) is 5.55. The van der Waals surface area contributed by atoms with Crippen molar-refractivity contribution in [3.63, 3.8) is 0 Å². The van der Waals surface area contributed by atoms with E-state index >= 15 is 0 Å². The molecule has 1 aromatic heterocycles. The van der Waals surface area contributed by atoms with Crippen LogP contribution in [0.15, 0.2) is 73.1 Å². The molecule has 1 aliphatic rings. The molecule has 4 aromatic rings. The maximum Gasteiger partial charge on any atom is 0.180 e. The van der Waals surface area contributed by atoms with Gasteiger partial charge in [-0.05, 0) is 53.3 Å². The van der Waals surface area contributed by atoms with E-state index < -0.39 is 0 Å². The van der Waals surface area contributed by atoms with Crippen molar-refractivity contribution in [2.45, 2.75) is 25.4 Å². The Kier molecular flexibility index (Phi) is 5.93. The van der Waals surface area contributed by atoms with Crippen LogP contribution in [0.25, 0.3) is 22.5 Å². The fraction of sp³-hybridized carbons (Fsp3) is 0.167. The van der Waals surface area contributed by atoms with Gasteiger partial charge in [0.1, 0.15) is 12.1 Å². The molecule has 0 saturated heterocycles. The van der Waals surface area contributed by atoms with Crippen LogP contribution in [0.4, 0.5) is 4.39 Å². The minimum absolute atomic E-state index is 0. The van der Waals surface area contributed by atoms with Gasteiger partial charge >= 0.3 is 0 Å². The Morgan fingerprint density at radius 2 is 1.63 bits per heavy atom. The number of aromatic amines is 1. The number of benzene rings is 3. The largest absolute Gasteiger partial charge is 0.309 e. The molecule has 0 atom stereocenters. The molecule has 152 valence electrons. The van der Waals surface area contributed by atoms with Crippen LogP contribution in [0.3, 0.4) is 0 Å². The Bertz CT molecular complexity index is 1120. The predicted octanol–water partition coefficient (Wildman–Crippen LogP) is 4.96. The highest BCUT2D eigenvalue weighted by atomic mass is 35.5. The second-order valence-corrected chi connectivity index (χ2v) is 7.46. The van der Waals surface area contributed by atoms with Gasteiger partial charge < -0.3 is 5.32 Å². The van der Waals surface area contributed by atoms with E-state index in [0.717, 1.165) is 29.5 Å². The molecule has 0 aliphatic heterocycles. The zero-order valence-corrected chi connectivity index (χ0v) is 17.1. The predicted molar refractivity (Wildman–Crippen MR) is 119 cm³/mol. The average molecular weight is 421 g/mol. The monoisotopic (exact) mass is 420 g/mol. The Morgan fingerprint density at radius 1 is 0.900 bits per heavy atom. The summed E-state index contributed by atoms with van der Waals surface area (Å²) in [6.45, 7) is 0.513. The molecule has 0 radical (unpaired) electrons. The van der Waals surface area contributed by atoms with Gasteiger partial charge in [-0.2, -0.15) is 5.10 Å². The number of aromatic nitrogens is 3. The highest BCUT2D eigenvalue weighted by Gasteiger charge is 2.20. The van der Waals surface area contributed by atoms with Crippen LogP contribution in [-0.4, -0.2) is 21.2 Å². The molecule has 1 aliphatic carbocycles. The molecule has 0 fully saturated rings. The molecule has 3 aromatic carbocycles. The topological polar surface area (TPSA) is 53.6 Å². The molecule has 30 heavy (non-hydrogen) atoms. The van der Waals surface area contributed by atoms with E-state index in [0.29, 0.717) is 24.0 Å². The van der Waals surface area contributed by atoms with Crippen LogP contribution >= 0.6 is 12.4 Å². The van der Waals surface area contributed by atoms with E-state index in [-0.39, 0.29) is 18.2 Å². The lowest BCUT2D eigenvalue weighted by Gasteiger charge is -2.14. The fourth-order valence-electron chi connectivity index (χ4n) is 4.03. The van der Waals surface area contributed by atoms with E-state index in [2.05, 4.69) is 44.8 Å². The SMILES string of the molecule is Cl.Fc1ccc(-c2cccc(-c3nc[nH]n3)c2)cc1CNC1Cc2ccccc2C1. The standard InChI is InChI=1S/C24H21FN4.ClH/c25-23-9-8-19(16-6-3-7-20(10-16)24-27-15-28-29-24)11-21(23)14-26-22-12-17-4-1-2-5-18(17)13-22;/h1-11,15,22,26H,12-14H2,(H,27,28,29);1H. The molecule has 0 saturated carbocycles. The van der Waals surface area contributed by atoms with Crippen LogP contribution in [0, 0.1) is 5.82 Å². The lowest BCUT2D eigenvalue weighted by molar-refractivity contribution is 0.516. The van der Waals surface area contributed by atoms with Gasteiger partial charge in [-0.1, -0.05) is 48.5 Å². The highest BCUT2D eigenvalue weighted by Crippen LogP contribution is 2.27. The van der Waals surface area contributed by atoms with Gasteiger partial charge in [0.15, 0.2) is 5.82 Å². The van der Waals surface area contributed by atoms with Crippen LogP contribution in [0.5, 0.6) is 0 Å². The van der Waals surface area contributed by atoms with E-state index in [1.54, 1.807) is 12.4 Å². The molecule has 2 N–H and O–H groups in total. The van der Waals surface area contributed by atoms with Crippen molar-refractivity contribution in [3.8, 4) is 22.5 Å². The molecule has 6 heteroatoms. The van der Waals surface area contributed by atoms with Gasteiger partial charge in [0.25, 0.3) is 0 Å². The second kappa shape index (κ2) is 8.78. The van der Waals surface area contributed by atoms with E-state index in [1.807, 2.05) is 36.4 Å². The van der Waals surface area contributed by atoms with Crippen molar-refractivity contribution in [2.24, 2.45) is 0 Å². The summed E-state index contributed by atoms with van der Waals surface area (Å²) in [7, 11) is 0. The molecule has 0 spiro atoms. The Labute approximate surface area is 181 Å². The number of hydrogen-bond acceptors (Lipinski definition) is 3. The Morgan fingerprint density at radius 3 is 2.37 bits per heavy atom. The third kappa shape index (κ3) is 4.13. The fourth-order valence-corrected chi connectivity index (χ4v) is 4.03. The van der Waals surface area contributed by atoms with Gasteiger partial charge in [-0.3, -0.25) is 5.10 Å². The minimum atomic E-state index is -0.179. The summed E-state index contributed by atoms with van der Waals surface area (Å²) < 4.78 is 14.5. The number of halogens is 2. The van der Waals surface area contributed by atoms with Gasteiger partial charge in [0.2, 0.25) is 0 Å². The Balaban J connectivity index is 0.00000218. The summed E-state index contributed by atoms with van der Waals surface area (Å²) in [4.78, 5) is 4.21.